The largest absolute Gasteiger partial charge is 0.455 e. The van der Waals surface area contributed by atoms with Crippen LogP contribution in [0.4, 0.5) is 0 Å². The molecule has 0 spiro atoms. The fourth-order valence-corrected chi connectivity index (χ4v) is 6.04. The summed E-state index contributed by atoms with van der Waals surface area (Å²) in [4.78, 5) is 1.25. The minimum Gasteiger partial charge on any atom is -0.455 e. The van der Waals surface area contributed by atoms with Crippen LogP contribution < -0.4 is 9.30 Å². The van der Waals surface area contributed by atoms with Crippen molar-refractivity contribution in [2.24, 2.45) is 7.05 Å². The van der Waals surface area contributed by atoms with Crippen molar-refractivity contribution in [2.45, 2.75) is 20.8 Å². The van der Waals surface area contributed by atoms with Gasteiger partial charge >= 0.3 is 0 Å². The molecule has 1 aliphatic heterocycles. The number of benzene rings is 3. The van der Waals surface area contributed by atoms with Crippen molar-refractivity contribution >= 4 is 44.0 Å². The Morgan fingerprint density at radius 1 is 0.879 bits per heavy atom. The Kier molecular flexibility index (Phi) is 3.70. The lowest BCUT2D eigenvalue weighted by Gasteiger charge is -2.23. The minimum absolute atomic E-state index is 0.896. The molecule has 0 saturated heterocycles. The molecule has 6 aromatic rings. The topological polar surface area (TPSA) is 26.2 Å². The molecule has 0 aliphatic carbocycles. The summed E-state index contributed by atoms with van der Waals surface area (Å²) in [6.07, 6.45) is 2.14. The smallest absolute Gasteiger partial charge is 0.228 e. The second-order valence-electron chi connectivity index (χ2n) is 9.05. The SMILES string of the molecule is Cc1cc(C)c2c(c1C)-c1c3c(cc4c5ccc(-c6cccs6)cc5oc4c3cc[n+]1C)O2. The molecule has 1 aliphatic rings. The maximum atomic E-state index is 6.63. The Bertz CT molecular complexity index is 1770. The van der Waals surface area contributed by atoms with Crippen molar-refractivity contribution in [1.82, 2.24) is 0 Å². The van der Waals surface area contributed by atoms with Gasteiger partial charge in [-0.1, -0.05) is 18.2 Å². The molecule has 160 valence electrons. The Morgan fingerprint density at radius 3 is 2.58 bits per heavy atom. The van der Waals surface area contributed by atoms with Gasteiger partial charge in [0.25, 0.3) is 0 Å². The average Bonchev–Trinajstić information content (AvgIpc) is 3.47. The van der Waals surface area contributed by atoms with E-state index in [-0.39, 0.29) is 0 Å². The maximum Gasteiger partial charge on any atom is 0.228 e. The van der Waals surface area contributed by atoms with Gasteiger partial charge in [0.05, 0.1) is 5.56 Å². The predicted molar refractivity (Wildman–Crippen MR) is 135 cm³/mol. The fraction of sp³-hybridized carbons (Fsp3) is 0.138. The average molecular weight is 449 g/mol. The van der Waals surface area contributed by atoms with Gasteiger partial charge in [0, 0.05) is 27.1 Å². The van der Waals surface area contributed by atoms with E-state index < -0.39 is 0 Å². The van der Waals surface area contributed by atoms with Crippen LogP contribution in [0.3, 0.4) is 0 Å². The standard InChI is InChI=1S/C29H22NO2S/c1-15-12-16(2)28-25(17(15)3)27-26-20(9-10-30(27)4)29-21(14-23(26)32-28)19-8-7-18(13-22(19)31-29)24-6-5-11-33-24/h5-14H,1-4H3/q+1. The van der Waals surface area contributed by atoms with Crippen LogP contribution in [0, 0.1) is 20.8 Å². The van der Waals surface area contributed by atoms with E-state index in [0.717, 1.165) is 49.8 Å². The van der Waals surface area contributed by atoms with Gasteiger partial charge in [-0.25, -0.2) is 4.57 Å². The van der Waals surface area contributed by atoms with Crippen LogP contribution >= 0.6 is 11.3 Å². The number of ether oxygens (including phenoxy) is 1. The number of fused-ring (bicyclic) bond motifs is 6. The van der Waals surface area contributed by atoms with Gasteiger partial charge < -0.3 is 9.15 Å². The second kappa shape index (κ2) is 6.46. The first-order chi connectivity index (χ1) is 16.0. The van der Waals surface area contributed by atoms with Crippen molar-refractivity contribution in [3.63, 3.8) is 0 Å². The molecule has 0 fully saturated rings. The lowest BCUT2D eigenvalue weighted by atomic mass is 9.90. The van der Waals surface area contributed by atoms with Gasteiger partial charge in [0.15, 0.2) is 6.20 Å². The van der Waals surface area contributed by atoms with Crippen LogP contribution in [-0.2, 0) is 7.05 Å². The Morgan fingerprint density at radius 2 is 1.76 bits per heavy atom. The molecule has 0 amide bonds. The first-order valence-corrected chi connectivity index (χ1v) is 12.0. The Balaban J connectivity index is 1.60. The van der Waals surface area contributed by atoms with Gasteiger partial charge in [-0.2, -0.15) is 0 Å². The normalized spacial score (nSPS) is 12.5. The van der Waals surface area contributed by atoms with Crippen LogP contribution in [-0.4, -0.2) is 0 Å². The molecule has 0 N–H and O–H groups in total. The highest BCUT2D eigenvalue weighted by Gasteiger charge is 2.32. The number of nitrogens with zero attached hydrogens (tertiary/aromatic N) is 1. The summed E-state index contributed by atoms with van der Waals surface area (Å²) in [5, 5.41) is 6.52. The Hall–Kier alpha value is -3.63. The molecule has 0 unspecified atom stereocenters. The van der Waals surface area contributed by atoms with Crippen molar-refractivity contribution < 1.29 is 13.7 Å². The van der Waals surface area contributed by atoms with Crippen LogP contribution in [0.1, 0.15) is 16.7 Å². The maximum absolute atomic E-state index is 6.63. The third kappa shape index (κ3) is 2.47. The molecule has 0 atom stereocenters. The van der Waals surface area contributed by atoms with E-state index >= 15 is 0 Å². The number of aromatic nitrogens is 1. The van der Waals surface area contributed by atoms with E-state index in [1.54, 1.807) is 11.3 Å². The number of hydrogen-bond acceptors (Lipinski definition) is 3. The zero-order valence-electron chi connectivity index (χ0n) is 18.9. The molecule has 4 heterocycles. The molecule has 33 heavy (non-hydrogen) atoms. The van der Waals surface area contributed by atoms with Crippen LogP contribution in [0.2, 0.25) is 0 Å². The highest BCUT2D eigenvalue weighted by Crippen LogP contribution is 2.51. The highest BCUT2D eigenvalue weighted by atomic mass is 32.1. The van der Waals surface area contributed by atoms with Gasteiger partial charge in [-0.05, 0) is 72.7 Å². The molecule has 0 saturated carbocycles. The first kappa shape index (κ1) is 18.9. The lowest BCUT2D eigenvalue weighted by Crippen LogP contribution is -2.32. The summed E-state index contributed by atoms with van der Waals surface area (Å²) in [6, 6.07) is 17.3. The predicted octanol–water partition coefficient (Wildman–Crippen LogP) is 7.99. The Labute approximate surface area is 195 Å². The van der Waals surface area contributed by atoms with Crippen LogP contribution in [0.25, 0.3) is 54.4 Å². The monoisotopic (exact) mass is 448 g/mol. The summed E-state index contributed by atoms with van der Waals surface area (Å²) in [5.74, 6) is 1.86. The van der Waals surface area contributed by atoms with E-state index in [0.29, 0.717) is 0 Å². The van der Waals surface area contributed by atoms with E-state index in [1.807, 2.05) is 0 Å². The zero-order valence-corrected chi connectivity index (χ0v) is 19.8. The number of thiophene rings is 1. The number of aryl methyl sites for hydroxylation is 3. The molecule has 3 aromatic carbocycles. The van der Waals surface area contributed by atoms with Crippen molar-refractivity contribution in [3.8, 4) is 33.2 Å². The molecule has 3 nitrogen and oxygen atoms in total. The number of furan rings is 1. The van der Waals surface area contributed by atoms with Gasteiger partial charge in [0.1, 0.15) is 35.1 Å². The number of hydrogen-bond donors (Lipinski definition) is 0. The molecule has 0 radical (unpaired) electrons. The summed E-state index contributed by atoms with van der Waals surface area (Å²) >= 11 is 1.74. The van der Waals surface area contributed by atoms with E-state index in [1.165, 1.54) is 32.8 Å². The van der Waals surface area contributed by atoms with Gasteiger partial charge in [-0.15, -0.1) is 11.3 Å². The van der Waals surface area contributed by atoms with E-state index in [9.17, 15) is 0 Å². The fourth-order valence-electron chi connectivity index (χ4n) is 5.32. The summed E-state index contributed by atoms with van der Waals surface area (Å²) in [5.41, 5.74) is 9.08. The quantitative estimate of drug-likeness (QED) is 0.238. The van der Waals surface area contributed by atoms with Crippen molar-refractivity contribution in [2.75, 3.05) is 0 Å². The first-order valence-electron chi connectivity index (χ1n) is 11.2. The lowest BCUT2D eigenvalue weighted by molar-refractivity contribution is -0.659. The summed E-state index contributed by atoms with van der Waals surface area (Å²) in [7, 11) is 2.11. The minimum atomic E-state index is 0.896. The third-order valence-electron chi connectivity index (χ3n) is 7.06. The van der Waals surface area contributed by atoms with E-state index in [2.05, 4.69) is 92.5 Å². The molecule has 4 heteroatoms. The molecule has 3 aromatic heterocycles. The molecule has 0 bridgehead atoms. The second-order valence-corrected chi connectivity index (χ2v) is 9.99. The zero-order chi connectivity index (χ0) is 22.4. The van der Waals surface area contributed by atoms with Gasteiger partial charge in [0.2, 0.25) is 5.69 Å². The molecule has 7 rings (SSSR count). The highest BCUT2D eigenvalue weighted by molar-refractivity contribution is 7.13. The summed E-state index contributed by atoms with van der Waals surface area (Å²) < 4.78 is 15.4. The van der Waals surface area contributed by atoms with Crippen LogP contribution in [0.5, 0.6) is 11.5 Å². The summed E-state index contributed by atoms with van der Waals surface area (Å²) in [6.45, 7) is 6.49. The molecular formula is C29H22NO2S+. The van der Waals surface area contributed by atoms with Gasteiger partial charge in [-0.3, -0.25) is 0 Å². The van der Waals surface area contributed by atoms with E-state index in [4.69, 9.17) is 9.15 Å². The molecular weight excluding hydrogens is 426 g/mol. The third-order valence-corrected chi connectivity index (χ3v) is 7.98. The van der Waals surface area contributed by atoms with Crippen LogP contribution in [0.15, 0.2) is 64.5 Å². The van der Waals surface area contributed by atoms with Crippen molar-refractivity contribution in [3.05, 3.63) is 76.8 Å². The van der Waals surface area contributed by atoms with Crippen molar-refractivity contribution in [1.29, 1.82) is 0 Å². The number of rotatable bonds is 1. The number of pyridine rings is 1.